The lowest BCUT2D eigenvalue weighted by molar-refractivity contribution is -0.111. The summed E-state index contributed by atoms with van der Waals surface area (Å²) >= 11 is 0. The lowest BCUT2D eigenvalue weighted by atomic mass is 10.1. The summed E-state index contributed by atoms with van der Waals surface area (Å²) in [7, 11) is 8.58. The minimum atomic E-state index is -0.226. The monoisotopic (exact) mass is 356 g/mol. The van der Waals surface area contributed by atoms with Gasteiger partial charge in [-0.15, -0.1) is 0 Å². The quantitative estimate of drug-likeness (QED) is 0.770. The Hall–Kier alpha value is -3.15. The summed E-state index contributed by atoms with van der Waals surface area (Å²) in [4.78, 5) is 14.1. The van der Waals surface area contributed by atoms with Crippen LogP contribution in [0.1, 0.15) is 5.56 Å². The summed E-state index contributed by atoms with van der Waals surface area (Å²) in [6.07, 6.45) is 3.15. The highest BCUT2D eigenvalue weighted by Gasteiger charge is 2.12. The van der Waals surface area contributed by atoms with E-state index in [1.54, 1.807) is 39.5 Å². The Balaban J connectivity index is 2.12. The van der Waals surface area contributed by atoms with E-state index in [-0.39, 0.29) is 5.91 Å². The van der Waals surface area contributed by atoms with Gasteiger partial charge in [0.15, 0.2) is 11.5 Å². The zero-order valence-electron chi connectivity index (χ0n) is 15.7. The fraction of sp³-hybridized carbons (Fsp3) is 0.250. The Morgan fingerprint density at radius 1 is 0.962 bits per heavy atom. The molecule has 1 amide bonds. The molecule has 138 valence electrons. The molecule has 0 spiro atoms. The average Bonchev–Trinajstić information content (AvgIpc) is 2.65. The normalized spacial score (nSPS) is 10.5. The molecule has 1 N–H and O–H groups in total. The number of benzene rings is 2. The van der Waals surface area contributed by atoms with Crippen LogP contribution >= 0.6 is 0 Å². The average molecular weight is 356 g/mol. The van der Waals surface area contributed by atoms with E-state index >= 15 is 0 Å². The molecule has 6 heteroatoms. The van der Waals surface area contributed by atoms with Gasteiger partial charge in [0, 0.05) is 31.5 Å². The Bertz CT molecular complexity index is 758. The molecule has 0 radical (unpaired) electrons. The van der Waals surface area contributed by atoms with Crippen LogP contribution in [0.15, 0.2) is 42.5 Å². The Labute approximate surface area is 154 Å². The maximum absolute atomic E-state index is 12.1. The predicted molar refractivity (Wildman–Crippen MR) is 105 cm³/mol. The third kappa shape index (κ3) is 4.69. The molecule has 0 aliphatic carbocycles. The van der Waals surface area contributed by atoms with Crippen molar-refractivity contribution in [2.24, 2.45) is 0 Å². The van der Waals surface area contributed by atoms with Gasteiger partial charge in [0.25, 0.3) is 0 Å². The molecule has 2 aromatic rings. The number of nitrogens with zero attached hydrogens (tertiary/aromatic N) is 1. The van der Waals surface area contributed by atoms with E-state index in [0.717, 1.165) is 16.9 Å². The standard InChI is InChI=1S/C20H24N2O4/c1-22(2)16-9-7-15(8-10-16)21-19(23)11-6-14-12-17(24-3)20(26-5)18(13-14)25-4/h6-13H,1-5H3,(H,21,23). The second-order valence-electron chi connectivity index (χ2n) is 5.72. The summed E-state index contributed by atoms with van der Waals surface area (Å²) in [5.74, 6) is 1.35. The first-order valence-corrected chi connectivity index (χ1v) is 8.05. The summed E-state index contributed by atoms with van der Waals surface area (Å²) in [6, 6.07) is 11.2. The zero-order valence-corrected chi connectivity index (χ0v) is 15.7. The van der Waals surface area contributed by atoms with Crippen molar-refractivity contribution in [2.45, 2.75) is 0 Å². The van der Waals surface area contributed by atoms with Crippen LogP contribution in [-0.2, 0) is 4.79 Å². The van der Waals surface area contributed by atoms with E-state index < -0.39 is 0 Å². The summed E-state index contributed by atoms with van der Waals surface area (Å²) in [5.41, 5.74) is 2.56. The number of nitrogens with one attached hydrogen (secondary N) is 1. The van der Waals surface area contributed by atoms with Crippen LogP contribution in [-0.4, -0.2) is 41.3 Å². The SMILES string of the molecule is COc1cc(C=CC(=O)Nc2ccc(N(C)C)cc2)cc(OC)c1OC. The van der Waals surface area contributed by atoms with Crippen molar-refractivity contribution < 1.29 is 19.0 Å². The highest BCUT2D eigenvalue weighted by molar-refractivity contribution is 6.02. The van der Waals surface area contributed by atoms with Gasteiger partial charge in [-0.2, -0.15) is 0 Å². The molecule has 0 unspecified atom stereocenters. The molecule has 0 bridgehead atoms. The van der Waals surface area contributed by atoms with E-state index in [9.17, 15) is 4.79 Å². The molecule has 2 rings (SSSR count). The van der Waals surface area contributed by atoms with Gasteiger partial charge >= 0.3 is 0 Å². The second-order valence-corrected chi connectivity index (χ2v) is 5.72. The third-order valence-electron chi connectivity index (χ3n) is 3.77. The summed E-state index contributed by atoms with van der Waals surface area (Å²) in [5, 5.41) is 2.83. The molecule has 26 heavy (non-hydrogen) atoms. The molecule has 0 heterocycles. The second kappa shape index (κ2) is 8.80. The molecule has 0 aliphatic rings. The van der Waals surface area contributed by atoms with Crippen molar-refractivity contribution in [3.05, 3.63) is 48.0 Å². The maximum Gasteiger partial charge on any atom is 0.248 e. The van der Waals surface area contributed by atoms with Crippen LogP contribution in [0, 0.1) is 0 Å². The lowest BCUT2D eigenvalue weighted by Crippen LogP contribution is -2.10. The van der Waals surface area contributed by atoms with Crippen molar-refractivity contribution in [1.29, 1.82) is 0 Å². The van der Waals surface area contributed by atoms with Gasteiger partial charge in [-0.25, -0.2) is 0 Å². The maximum atomic E-state index is 12.1. The summed E-state index contributed by atoms with van der Waals surface area (Å²) in [6.45, 7) is 0. The highest BCUT2D eigenvalue weighted by Crippen LogP contribution is 2.38. The van der Waals surface area contributed by atoms with Crippen LogP contribution in [0.4, 0.5) is 11.4 Å². The smallest absolute Gasteiger partial charge is 0.248 e. The molecular formula is C20H24N2O4. The number of carbonyl (C=O) groups excluding carboxylic acids is 1. The topological polar surface area (TPSA) is 60.0 Å². The van der Waals surface area contributed by atoms with Gasteiger partial charge in [-0.05, 0) is 48.0 Å². The van der Waals surface area contributed by atoms with E-state index in [4.69, 9.17) is 14.2 Å². The molecule has 0 saturated carbocycles. The number of methoxy groups -OCH3 is 3. The van der Waals surface area contributed by atoms with Gasteiger partial charge < -0.3 is 24.4 Å². The van der Waals surface area contributed by atoms with Crippen LogP contribution in [0.3, 0.4) is 0 Å². The molecule has 0 atom stereocenters. The van der Waals surface area contributed by atoms with Crippen LogP contribution in [0.25, 0.3) is 6.08 Å². The number of hydrogen-bond donors (Lipinski definition) is 1. The van der Waals surface area contributed by atoms with Crippen molar-refractivity contribution in [3.8, 4) is 17.2 Å². The molecule has 0 aromatic heterocycles. The van der Waals surface area contributed by atoms with E-state index in [1.165, 1.54) is 6.08 Å². The number of anilines is 2. The Kier molecular flexibility index (Phi) is 6.49. The number of hydrogen-bond acceptors (Lipinski definition) is 5. The molecule has 0 aliphatic heterocycles. The van der Waals surface area contributed by atoms with E-state index in [0.29, 0.717) is 17.2 Å². The number of amides is 1. The fourth-order valence-electron chi connectivity index (χ4n) is 2.40. The molecule has 2 aromatic carbocycles. The Morgan fingerprint density at radius 2 is 1.54 bits per heavy atom. The van der Waals surface area contributed by atoms with Crippen molar-refractivity contribution in [3.63, 3.8) is 0 Å². The number of rotatable bonds is 7. The highest BCUT2D eigenvalue weighted by atomic mass is 16.5. The van der Waals surface area contributed by atoms with Crippen LogP contribution in [0.5, 0.6) is 17.2 Å². The summed E-state index contributed by atoms with van der Waals surface area (Å²) < 4.78 is 15.9. The number of ether oxygens (including phenoxy) is 3. The first-order valence-electron chi connectivity index (χ1n) is 8.05. The largest absolute Gasteiger partial charge is 0.493 e. The van der Waals surface area contributed by atoms with Crippen LogP contribution in [0.2, 0.25) is 0 Å². The van der Waals surface area contributed by atoms with Gasteiger partial charge in [-0.3, -0.25) is 4.79 Å². The Morgan fingerprint density at radius 3 is 2.00 bits per heavy atom. The molecule has 0 saturated heterocycles. The van der Waals surface area contributed by atoms with Gasteiger partial charge in [-0.1, -0.05) is 0 Å². The van der Waals surface area contributed by atoms with Crippen molar-refractivity contribution in [2.75, 3.05) is 45.6 Å². The van der Waals surface area contributed by atoms with Crippen LogP contribution < -0.4 is 24.4 Å². The van der Waals surface area contributed by atoms with Crippen molar-refractivity contribution in [1.82, 2.24) is 0 Å². The van der Waals surface area contributed by atoms with E-state index in [1.807, 2.05) is 43.3 Å². The zero-order chi connectivity index (χ0) is 19.1. The number of carbonyl (C=O) groups is 1. The van der Waals surface area contributed by atoms with Gasteiger partial charge in [0.1, 0.15) is 0 Å². The first-order chi connectivity index (χ1) is 12.5. The van der Waals surface area contributed by atoms with Gasteiger partial charge in [0.2, 0.25) is 11.7 Å². The van der Waals surface area contributed by atoms with Gasteiger partial charge in [0.05, 0.1) is 21.3 Å². The first kappa shape index (κ1) is 19.2. The fourth-order valence-corrected chi connectivity index (χ4v) is 2.40. The van der Waals surface area contributed by atoms with E-state index in [2.05, 4.69) is 5.32 Å². The molecular weight excluding hydrogens is 332 g/mol. The third-order valence-corrected chi connectivity index (χ3v) is 3.77. The minimum Gasteiger partial charge on any atom is -0.493 e. The molecule has 6 nitrogen and oxygen atoms in total. The minimum absolute atomic E-state index is 0.226. The predicted octanol–water partition coefficient (Wildman–Crippen LogP) is 3.43. The molecule has 0 fully saturated rings. The van der Waals surface area contributed by atoms with Crippen molar-refractivity contribution >= 4 is 23.4 Å². The lowest BCUT2D eigenvalue weighted by Gasteiger charge is -2.13.